The fourth-order valence-electron chi connectivity index (χ4n) is 4.30. The van der Waals surface area contributed by atoms with Crippen molar-refractivity contribution < 1.29 is 14.0 Å². The van der Waals surface area contributed by atoms with Gasteiger partial charge in [0, 0.05) is 36.8 Å². The lowest BCUT2D eigenvalue weighted by Gasteiger charge is -2.21. The second-order valence-electron chi connectivity index (χ2n) is 8.37. The largest absolute Gasteiger partial charge is 0.454 e. The zero-order chi connectivity index (χ0) is 23.8. The number of anilines is 1. The first kappa shape index (κ1) is 21.8. The number of aromatic nitrogens is 1. The Balaban J connectivity index is 1.23. The van der Waals surface area contributed by atoms with Gasteiger partial charge in [0.15, 0.2) is 10.9 Å². The van der Waals surface area contributed by atoms with E-state index in [1.165, 1.54) is 33.8 Å². The molecule has 0 atom stereocenters. The number of para-hydroxylation sites is 1. The summed E-state index contributed by atoms with van der Waals surface area (Å²) in [6.45, 7) is 1.48. The topological polar surface area (TPSA) is 66.7 Å². The third-order valence-corrected chi connectivity index (χ3v) is 7.84. The highest BCUT2D eigenvalue weighted by Crippen LogP contribution is 2.33. The van der Waals surface area contributed by atoms with Gasteiger partial charge in [0.2, 0.25) is 5.91 Å². The Morgan fingerprint density at radius 3 is 2.49 bits per heavy atom. The summed E-state index contributed by atoms with van der Waals surface area (Å²) in [5.74, 6) is 0.533. The Morgan fingerprint density at radius 1 is 0.971 bits per heavy atom. The molecule has 0 aliphatic carbocycles. The third kappa shape index (κ3) is 4.26. The van der Waals surface area contributed by atoms with E-state index in [1.807, 2.05) is 64.2 Å². The first-order valence-corrected chi connectivity index (χ1v) is 13.1. The van der Waals surface area contributed by atoms with Gasteiger partial charge in [-0.15, -0.1) is 22.7 Å². The number of hydrogen-bond donors (Lipinski definition) is 0. The summed E-state index contributed by atoms with van der Waals surface area (Å²) in [6.07, 6.45) is 0.227. The minimum atomic E-state index is -0.150. The van der Waals surface area contributed by atoms with E-state index in [4.69, 9.17) is 9.40 Å². The van der Waals surface area contributed by atoms with Gasteiger partial charge in [0.05, 0.1) is 4.88 Å². The molecule has 1 aliphatic heterocycles. The van der Waals surface area contributed by atoms with Gasteiger partial charge in [-0.05, 0) is 34.7 Å². The van der Waals surface area contributed by atoms with E-state index < -0.39 is 0 Å². The average Bonchev–Trinajstić information content (AvgIpc) is 3.68. The van der Waals surface area contributed by atoms with E-state index in [1.54, 1.807) is 11.0 Å². The molecule has 0 unspecified atom stereocenters. The molecule has 5 aromatic rings. The number of carbonyl (C=O) groups excluding carboxylic acids is 2. The molecule has 6 nitrogen and oxygen atoms in total. The first-order valence-electron chi connectivity index (χ1n) is 11.3. The van der Waals surface area contributed by atoms with Crippen LogP contribution in [-0.4, -0.2) is 28.2 Å². The van der Waals surface area contributed by atoms with Crippen molar-refractivity contribution in [2.75, 3.05) is 11.4 Å². The van der Waals surface area contributed by atoms with Crippen molar-refractivity contribution in [2.24, 2.45) is 0 Å². The van der Waals surface area contributed by atoms with Gasteiger partial charge in [0.1, 0.15) is 11.3 Å². The van der Waals surface area contributed by atoms with Crippen molar-refractivity contribution >= 4 is 50.6 Å². The van der Waals surface area contributed by atoms with Crippen LogP contribution < -0.4 is 4.90 Å². The molecule has 0 fully saturated rings. The molecular formula is C27H21N3O3S2. The van der Waals surface area contributed by atoms with Crippen molar-refractivity contribution in [2.45, 2.75) is 19.5 Å². The fraction of sp³-hybridized carbons (Fsp3) is 0.148. The number of thiazole rings is 1. The number of furan rings is 1. The monoisotopic (exact) mass is 499 g/mol. The molecule has 0 saturated heterocycles. The predicted molar refractivity (Wildman–Crippen MR) is 139 cm³/mol. The zero-order valence-electron chi connectivity index (χ0n) is 18.7. The molecule has 4 heterocycles. The lowest BCUT2D eigenvalue weighted by molar-refractivity contribution is -0.131. The highest BCUT2D eigenvalue weighted by Gasteiger charge is 2.27. The van der Waals surface area contributed by atoms with Crippen molar-refractivity contribution in [3.8, 4) is 11.5 Å². The molecule has 3 aromatic heterocycles. The van der Waals surface area contributed by atoms with Gasteiger partial charge in [-0.3, -0.25) is 14.5 Å². The fourth-order valence-corrected chi connectivity index (χ4v) is 5.81. The minimum absolute atomic E-state index is 0.0271. The van der Waals surface area contributed by atoms with Crippen LogP contribution in [0.2, 0.25) is 0 Å². The lowest BCUT2D eigenvalue weighted by Crippen LogP contribution is -2.35. The maximum atomic E-state index is 13.4. The molecule has 174 valence electrons. The van der Waals surface area contributed by atoms with Crippen molar-refractivity contribution in [1.82, 2.24) is 9.88 Å². The number of thiophene rings is 1. The first-order chi connectivity index (χ1) is 17.2. The molecule has 0 bridgehead atoms. The number of carbonyl (C=O) groups is 2. The molecule has 0 saturated carbocycles. The number of hydrogen-bond acceptors (Lipinski definition) is 6. The van der Waals surface area contributed by atoms with Gasteiger partial charge in [-0.1, -0.05) is 48.5 Å². The van der Waals surface area contributed by atoms with Gasteiger partial charge >= 0.3 is 0 Å². The van der Waals surface area contributed by atoms with Crippen LogP contribution in [0, 0.1) is 0 Å². The van der Waals surface area contributed by atoms with E-state index in [2.05, 4.69) is 12.1 Å². The SMILES string of the molecule is O=C(CCN(C(=O)c1cccs1)c1nc(-c2cc3ccccc3o2)cs1)N1Cc2ccccc2C1. The van der Waals surface area contributed by atoms with Crippen LogP contribution in [0.15, 0.2) is 81.9 Å². The van der Waals surface area contributed by atoms with Crippen LogP contribution in [0.5, 0.6) is 0 Å². The summed E-state index contributed by atoms with van der Waals surface area (Å²) in [5, 5.41) is 5.32. The Hall–Kier alpha value is -3.75. The zero-order valence-corrected chi connectivity index (χ0v) is 20.3. The highest BCUT2D eigenvalue weighted by atomic mass is 32.1. The quantitative estimate of drug-likeness (QED) is 0.279. The molecule has 0 radical (unpaired) electrons. The van der Waals surface area contributed by atoms with Crippen molar-refractivity contribution in [3.63, 3.8) is 0 Å². The molecule has 2 amide bonds. The van der Waals surface area contributed by atoms with Crippen LogP contribution in [0.25, 0.3) is 22.4 Å². The second kappa shape index (κ2) is 9.13. The summed E-state index contributed by atoms with van der Waals surface area (Å²) >= 11 is 2.76. The van der Waals surface area contributed by atoms with Gasteiger partial charge in [-0.25, -0.2) is 4.98 Å². The Morgan fingerprint density at radius 2 is 1.74 bits per heavy atom. The molecule has 35 heavy (non-hydrogen) atoms. The van der Waals surface area contributed by atoms with Gasteiger partial charge < -0.3 is 9.32 Å². The summed E-state index contributed by atoms with van der Waals surface area (Å²) in [4.78, 5) is 35.2. The Bertz CT molecular complexity index is 1460. The maximum absolute atomic E-state index is 13.4. The minimum Gasteiger partial charge on any atom is -0.454 e. The summed E-state index contributed by atoms with van der Waals surface area (Å²) < 4.78 is 5.96. The van der Waals surface area contributed by atoms with Crippen LogP contribution in [0.3, 0.4) is 0 Å². The van der Waals surface area contributed by atoms with E-state index in [0.29, 0.717) is 34.6 Å². The second-order valence-corrected chi connectivity index (χ2v) is 10.2. The lowest BCUT2D eigenvalue weighted by atomic mass is 10.1. The van der Waals surface area contributed by atoms with Gasteiger partial charge in [0.25, 0.3) is 5.91 Å². The number of benzene rings is 2. The predicted octanol–water partition coefficient (Wildman–Crippen LogP) is 6.20. The smallest absolute Gasteiger partial charge is 0.270 e. The maximum Gasteiger partial charge on any atom is 0.270 e. The highest BCUT2D eigenvalue weighted by molar-refractivity contribution is 7.14. The number of rotatable bonds is 6. The van der Waals surface area contributed by atoms with E-state index in [9.17, 15) is 9.59 Å². The summed E-state index contributed by atoms with van der Waals surface area (Å²) in [7, 11) is 0. The third-order valence-electron chi connectivity index (χ3n) is 6.12. The standard InChI is InChI=1S/C27H21N3O3S2/c31-25(29-15-19-7-1-2-8-20(19)16-29)11-12-30(26(32)24-10-5-13-34-24)27-28-21(17-35-27)23-14-18-6-3-4-9-22(18)33-23/h1-10,13-14,17H,11-12,15-16H2. The molecule has 0 spiro atoms. The van der Waals surface area contributed by atoms with Gasteiger partial charge in [-0.2, -0.15) is 0 Å². The summed E-state index contributed by atoms with van der Waals surface area (Å²) in [5.41, 5.74) is 3.83. The van der Waals surface area contributed by atoms with Crippen molar-refractivity contribution in [3.05, 3.63) is 93.5 Å². The van der Waals surface area contributed by atoms with E-state index >= 15 is 0 Å². The van der Waals surface area contributed by atoms with E-state index in [0.717, 1.165) is 11.0 Å². The molecule has 0 N–H and O–H groups in total. The molecule has 6 rings (SSSR count). The summed E-state index contributed by atoms with van der Waals surface area (Å²) in [6, 6.07) is 21.5. The molecular weight excluding hydrogens is 478 g/mol. The molecule has 1 aliphatic rings. The normalized spacial score (nSPS) is 12.7. The number of fused-ring (bicyclic) bond motifs is 2. The number of amides is 2. The molecule has 8 heteroatoms. The van der Waals surface area contributed by atoms with Crippen molar-refractivity contribution in [1.29, 1.82) is 0 Å². The molecule has 2 aromatic carbocycles. The average molecular weight is 500 g/mol. The van der Waals surface area contributed by atoms with E-state index in [-0.39, 0.29) is 24.8 Å². The number of nitrogens with zero attached hydrogens (tertiary/aromatic N) is 3. The van der Waals surface area contributed by atoms with Crippen LogP contribution >= 0.6 is 22.7 Å². The Labute approximate surface area is 210 Å². The van der Waals surface area contributed by atoms with Crippen LogP contribution in [0.1, 0.15) is 27.2 Å². The van der Waals surface area contributed by atoms with Crippen LogP contribution in [-0.2, 0) is 17.9 Å². The Kier molecular flexibility index (Phi) is 5.67. The van der Waals surface area contributed by atoms with Crippen LogP contribution in [0.4, 0.5) is 5.13 Å².